The zero-order chi connectivity index (χ0) is 18.6. The number of aliphatic hydroxyl groups is 1. The molecule has 1 aliphatic carbocycles. The first kappa shape index (κ1) is 19.2. The van der Waals surface area contributed by atoms with Crippen molar-refractivity contribution in [2.45, 2.75) is 38.6 Å². The highest BCUT2D eigenvalue weighted by Crippen LogP contribution is 2.45. The Morgan fingerprint density at radius 2 is 2.12 bits per heavy atom. The first-order chi connectivity index (χ1) is 12.5. The number of rotatable bonds is 6. The second-order valence-electron chi connectivity index (χ2n) is 8.25. The molecule has 3 rings (SSSR count). The van der Waals surface area contributed by atoms with E-state index in [0.29, 0.717) is 30.2 Å². The van der Waals surface area contributed by atoms with Crippen LogP contribution < -0.4 is 0 Å². The van der Waals surface area contributed by atoms with Crippen LogP contribution in [0.5, 0.6) is 0 Å². The molecule has 4 atom stereocenters. The van der Waals surface area contributed by atoms with Crippen LogP contribution in [0.15, 0.2) is 48.7 Å². The molecule has 3 nitrogen and oxygen atoms in total. The molecular weight excluding hydrogens is 322 g/mol. The second-order valence-corrected chi connectivity index (χ2v) is 8.25. The molecule has 3 unspecified atom stereocenters. The van der Waals surface area contributed by atoms with E-state index in [1.807, 2.05) is 0 Å². The van der Waals surface area contributed by atoms with Gasteiger partial charge in [0.25, 0.3) is 0 Å². The van der Waals surface area contributed by atoms with Gasteiger partial charge in [0.05, 0.1) is 17.8 Å². The number of methoxy groups -OCH3 is 1. The molecule has 1 saturated carbocycles. The molecule has 0 spiro atoms. The van der Waals surface area contributed by atoms with E-state index in [1.54, 1.807) is 7.11 Å². The zero-order valence-electron chi connectivity index (χ0n) is 16.2. The minimum atomic E-state index is -0.243. The van der Waals surface area contributed by atoms with Gasteiger partial charge in [-0.2, -0.15) is 0 Å². The highest BCUT2D eigenvalue weighted by molar-refractivity contribution is 5.49. The molecule has 0 aromatic heterocycles. The molecule has 1 N–H and O–H groups in total. The van der Waals surface area contributed by atoms with E-state index in [1.165, 1.54) is 12.0 Å². The van der Waals surface area contributed by atoms with Crippen LogP contribution in [-0.2, 0) is 4.74 Å². The van der Waals surface area contributed by atoms with Gasteiger partial charge in [0.15, 0.2) is 0 Å². The van der Waals surface area contributed by atoms with Crippen molar-refractivity contribution in [3.63, 3.8) is 0 Å². The molecule has 0 radical (unpaired) electrons. The number of ether oxygens (including phenoxy) is 1. The van der Waals surface area contributed by atoms with Crippen LogP contribution in [0.2, 0.25) is 0 Å². The molecule has 142 valence electrons. The number of hydrogen-bond acceptors (Lipinski definition) is 3. The average Bonchev–Trinajstić information content (AvgIpc) is 3.07. The van der Waals surface area contributed by atoms with Crippen molar-refractivity contribution >= 4 is 6.08 Å². The van der Waals surface area contributed by atoms with E-state index in [9.17, 15) is 5.11 Å². The second kappa shape index (κ2) is 8.41. The van der Waals surface area contributed by atoms with Crippen LogP contribution in [0.1, 0.15) is 38.2 Å². The fourth-order valence-electron chi connectivity index (χ4n) is 4.77. The molecule has 3 heteroatoms. The lowest BCUT2D eigenvalue weighted by atomic mass is 9.83. The van der Waals surface area contributed by atoms with Crippen LogP contribution in [0.25, 0.3) is 6.08 Å². The van der Waals surface area contributed by atoms with Crippen molar-refractivity contribution in [2.75, 3.05) is 26.8 Å². The van der Waals surface area contributed by atoms with E-state index in [4.69, 9.17) is 4.74 Å². The molecule has 2 fully saturated rings. The van der Waals surface area contributed by atoms with Crippen LogP contribution in [0.3, 0.4) is 0 Å². The average molecular weight is 356 g/mol. The van der Waals surface area contributed by atoms with E-state index in [0.717, 1.165) is 32.4 Å². The van der Waals surface area contributed by atoms with Crippen molar-refractivity contribution in [1.29, 1.82) is 0 Å². The van der Waals surface area contributed by atoms with Crippen LogP contribution in [-0.4, -0.2) is 42.9 Å². The van der Waals surface area contributed by atoms with Gasteiger partial charge >= 0.3 is 0 Å². The minimum absolute atomic E-state index is 0.243. The van der Waals surface area contributed by atoms with E-state index < -0.39 is 0 Å². The number of hydrogen-bond donors (Lipinski definition) is 1. The van der Waals surface area contributed by atoms with Crippen molar-refractivity contribution in [3.05, 3.63) is 54.3 Å². The number of allylic oxidation sites excluding steroid dienone is 1. The molecular formula is C23H33NO2. The summed E-state index contributed by atoms with van der Waals surface area (Å²) in [5.41, 5.74) is 1.04. The lowest BCUT2D eigenvalue weighted by molar-refractivity contribution is 0.0595. The van der Waals surface area contributed by atoms with Crippen molar-refractivity contribution in [3.8, 4) is 0 Å². The molecule has 1 heterocycles. The summed E-state index contributed by atoms with van der Waals surface area (Å²) in [5, 5.41) is 10.1. The molecule has 26 heavy (non-hydrogen) atoms. The predicted octanol–water partition coefficient (Wildman–Crippen LogP) is 4.91. The Kier molecular flexibility index (Phi) is 6.20. The van der Waals surface area contributed by atoms with Crippen molar-refractivity contribution in [2.24, 2.45) is 17.3 Å². The smallest absolute Gasteiger partial charge is 0.0936 e. The summed E-state index contributed by atoms with van der Waals surface area (Å²) in [6, 6.07) is 11.1. The minimum Gasteiger partial charge on any atom is -0.512 e. The maximum absolute atomic E-state index is 10.1. The Bertz CT molecular complexity index is 626. The Labute approximate surface area is 158 Å². The van der Waals surface area contributed by atoms with Gasteiger partial charge in [-0.3, -0.25) is 0 Å². The van der Waals surface area contributed by atoms with Gasteiger partial charge in [-0.15, -0.1) is 0 Å². The summed E-state index contributed by atoms with van der Waals surface area (Å²) in [4.78, 5) is 2.64. The largest absolute Gasteiger partial charge is 0.512 e. The maximum Gasteiger partial charge on any atom is 0.0936 e. The summed E-state index contributed by atoms with van der Waals surface area (Å²) in [6.45, 7) is 9.05. The fourth-order valence-corrected chi connectivity index (χ4v) is 4.77. The zero-order valence-corrected chi connectivity index (χ0v) is 16.2. The highest BCUT2D eigenvalue weighted by Gasteiger charge is 2.44. The molecule has 1 aromatic carbocycles. The third-order valence-corrected chi connectivity index (χ3v) is 6.47. The highest BCUT2D eigenvalue weighted by atomic mass is 16.5. The summed E-state index contributed by atoms with van der Waals surface area (Å²) in [6.07, 6.45) is 8.94. The van der Waals surface area contributed by atoms with Gasteiger partial charge in [0.1, 0.15) is 0 Å². The number of aliphatic hydroxyl groups excluding tert-OH is 1. The summed E-state index contributed by atoms with van der Waals surface area (Å²) >= 11 is 0. The van der Waals surface area contributed by atoms with E-state index in [-0.39, 0.29) is 5.41 Å². The summed E-state index contributed by atoms with van der Waals surface area (Å²) in [5.74, 6) is 1.60. The van der Waals surface area contributed by atoms with Crippen LogP contribution in [0.4, 0.5) is 0 Å². The van der Waals surface area contributed by atoms with Gasteiger partial charge in [-0.05, 0) is 49.6 Å². The lowest BCUT2D eigenvalue weighted by Gasteiger charge is -2.40. The Morgan fingerprint density at radius 1 is 1.35 bits per heavy atom. The molecule has 2 aliphatic rings. The van der Waals surface area contributed by atoms with Crippen molar-refractivity contribution in [1.82, 2.24) is 4.90 Å². The maximum atomic E-state index is 10.1. The lowest BCUT2D eigenvalue weighted by Crippen LogP contribution is -2.44. The van der Waals surface area contributed by atoms with E-state index in [2.05, 4.69) is 60.9 Å². The molecule has 1 aliphatic heterocycles. The molecule has 1 aromatic rings. The van der Waals surface area contributed by atoms with E-state index >= 15 is 0 Å². The Hall–Kier alpha value is -1.58. The molecule has 1 saturated heterocycles. The van der Waals surface area contributed by atoms with Gasteiger partial charge < -0.3 is 14.7 Å². The third kappa shape index (κ3) is 4.21. The molecule has 0 amide bonds. The number of benzene rings is 1. The van der Waals surface area contributed by atoms with Gasteiger partial charge in [-0.25, -0.2) is 0 Å². The molecule has 0 bridgehead atoms. The summed E-state index contributed by atoms with van der Waals surface area (Å²) in [7, 11) is 1.71. The summed E-state index contributed by atoms with van der Waals surface area (Å²) < 4.78 is 5.39. The predicted molar refractivity (Wildman–Crippen MR) is 108 cm³/mol. The van der Waals surface area contributed by atoms with Crippen LogP contribution >= 0.6 is 0 Å². The van der Waals surface area contributed by atoms with Crippen LogP contribution in [0, 0.1) is 17.3 Å². The SMILES string of the molecule is C=C(O)C1(COC)CCC(N2CC[C@@H](/C=C\c3ccccc3)C(C)C2)C1. The first-order valence-electron chi connectivity index (χ1n) is 9.89. The standard InChI is InChI=1S/C23H33NO2/c1-18-16-24(22-11-13-23(15-22,17-26-3)19(2)25)14-12-21(18)10-9-20-7-5-4-6-8-20/h4-10,18,21-22,25H,2,11-17H2,1,3H3/b10-9-/t18?,21-,22?,23?/m1/s1. The quantitative estimate of drug-likeness (QED) is 0.736. The first-order valence-corrected chi connectivity index (χ1v) is 9.89. The van der Waals surface area contributed by atoms with Gasteiger partial charge in [0, 0.05) is 19.7 Å². The van der Waals surface area contributed by atoms with Gasteiger partial charge in [0.2, 0.25) is 0 Å². The van der Waals surface area contributed by atoms with Crippen molar-refractivity contribution < 1.29 is 9.84 Å². The number of piperidine rings is 1. The fraction of sp³-hybridized carbons (Fsp3) is 0.565. The normalized spacial score (nSPS) is 32.9. The van der Waals surface area contributed by atoms with Gasteiger partial charge in [-0.1, -0.05) is 56.0 Å². The number of likely N-dealkylation sites (tertiary alicyclic amines) is 1. The topological polar surface area (TPSA) is 32.7 Å². The number of nitrogens with zero attached hydrogens (tertiary/aromatic N) is 1. The Morgan fingerprint density at radius 3 is 2.77 bits per heavy atom. The Balaban J connectivity index is 1.57. The monoisotopic (exact) mass is 355 g/mol. The third-order valence-electron chi connectivity index (χ3n) is 6.47.